The molecule has 1 aromatic heterocycles. The van der Waals surface area contributed by atoms with Crippen LogP contribution in [0, 0.1) is 6.92 Å². The fourth-order valence-electron chi connectivity index (χ4n) is 3.85. The molecule has 1 aliphatic rings. The number of H-pyrrole nitrogens is 1. The lowest BCUT2D eigenvalue weighted by atomic mass is 9.73. The summed E-state index contributed by atoms with van der Waals surface area (Å²) in [5.74, 6) is 0.417. The summed E-state index contributed by atoms with van der Waals surface area (Å²) < 4.78 is 6.51. The van der Waals surface area contributed by atoms with Crippen LogP contribution in [0.25, 0.3) is 11.4 Å². The van der Waals surface area contributed by atoms with Gasteiger partial charge in [-0.25, -0.2) is 4.98 Å². The highest BCUT2D eigenvalue weighted by atomic mass is 79.9. The van der Waals surface area contributed by atoms with Crippen molar-refractivity contribution in [1.29, 1.82) is 0 Å². The van der Waals surface area contributed by atoms with Crippen LogP contribution in [0.1, 0.15) is 24.1 Å². The molecule has 6 nitrogen and oxygen atoms in total. The van der Waals surface area contributed by atoms with E-state index in [2.05, 4.69) is 31.2 Å². The Labute approximate surface area is 182 Å². The van der Waals surface area contributed by atoms with Crippen LogP contribution in [0.3, 0.4) is 0 Å². The Hall–Kier alpha value is -2.77. The molecule has 2 N–H and O–H groups in total. The van der Waals surface area contributed by atoms with Gasteiger partial charge in [0.2, 0.25) is 5.91 Å². The molecule has 7 heteroatoms. The van der Waals surface area contributed by atoms with Crippen LogP contribution in [-0.2, 0) is 14.9 Å². The van der Waals surface area contributed by atoms with Crippen molar-refractivity contribution in [2.24, 2.45) is 0 Å². The number of ether oxygens (including phenoxy) is 1. The number of anilines is 1. The van der Waals surface area contributed by atoms with Gasteiger partial charge in [-0.15, -0.1) is 0 Å². The number of aromatic nitrogens is 2. The number of hydrogen-bond donors (Lipinski definition) is 2. The second-order valence-corrected chi connectivity index (χ2v) is 8.39. The molecule has 3 aromatic rings. The second-order valence-electron chi connectivity index (χ2n) is 7.47. The van der Waals surface area contributed by atoms with Gasteiger partial charge < -0.3 is 15.0 Å². The van der Waals surface area contributed by atoms with E-state index in [1.165, 1.54) is 6.07 Å². The summed E-state index contributed by atoms with van der Waals surface area (Å²) in [5.41, 5.74) is 2.16. The summed E-state index contributed by atoms with van der Waals surface area (Å²) in [6.07, 6.45) is 1.24. The molecular weight excluding hydrogens is 446 g/mol. The predicted octanol–water partition coefficient (Wildman–Crippen LogP) is 4.19. The largest absolute Gasteiger partial charge is 0.381 e. The maximum Gasteiger partial charge on any atom is 0.251 e. The van der Waals surface area contributed by atoms with Crippen LogP contribution in [0.15, 0.2) is 63.9 Å². The van der Waals surface area contributed by atoms with E-state index in [0.29, 0.717) is 43.3 Å². The summed E-state index contributed by atoms with van der Waals surface area (Å²) in [6, 6.07) is 16.7. The molecule has 2 heterocycles. The molecule has 0 spiro atoms. The summed E-state index contributed by atoms with van der Waals surface area (Å²) >= 11 is 3.46. The van der Waals surface area contributed by atoms with E-state index in [1.54, 1.807) is 6.92 Å². The van der Waals surface area contributed by atoms with Gasteiger partial charge in [-0.3, -0.25) is 9.59 Å². The topological polar surface area (TPSA) is 84.1 Å². The lowest BCUT2D eigenvalue weighted by molar-refractivity contribution is -0.125. The van der Waals surface area contributed by atoms with Crippen molar-refractivity contribution in [2.75, 3.05) is 18.5 Å². The molecular formula is C23H22BrN3O3. The molecule has 1 fully saturated rings. The monoisotopic (exact) mass is 467 g/mol. The zero-order valence-electron chi connectivity index (χ0n) is 16.6. The maximum absolute atomic E-state index is 13.5. The zero-order chi connectivity index (χ0) is 21.1. The number of aromatic amines is 1. The second kappa shape index (κ2) is 8.53. The molecule has 0 unspecified atom stereocenters. The zero-order valence-corrected chi connectivity index (χ0v) is 18.2. The number of carbonyl (C=O) groups is 1. The average molecular weight is 468 g/mol. The van der Waals surface area contributed by atoms with Gasteiger partial charge >= 0.3 is 0 Å². The van der Waals surface area contributed by atoms with Crippen molar-refractivity contribution in [3.63, 3.8) is 0 Å². The summed E-state index contributed by atoms with van der Waals surface area (Å²) in [6.45, 7) is 2.85. The van der Waals surface area contributed by atoms with Crippen molar-refractivity contribution in [3.8, 4) is 11.4 Å². The minimum atomic E-state index is -0.648. The minimum Gasteiger partial charge on any atom is -0.381 e. The SMILES string of the molecule is Cc1cc(=O)[nH]c(-c2cccc(NC(=O)C3(c4ccc(Br)cc4)CCOCC3)c2)n1. The first-order valence-electron chi connectivity index (χ1n) is 9.80. The van der Waals surface area contributed by atoms with Crippen molar-refractivity contribution in [2.45, 2.75) is 25.2 Å². The Morgan fingerprint density at radius 3 is 2.57 bits per heavy atom. The number of hydrogen-bond acceptors (Lipinski definition) is 4. The average Bonchev–Trinajstić information content (AvgIpc) is 2.74. The van der Waals surface area contributed by atoms with Crippen molar-refractivity contribution in [1.82, 2.24) is 9.97 Å². The molecule has 1 amide bonds. The van der Waals surface area contributed by atoms with Gasteiger partial charge in [-0.05, 0) is 49.6 Å². The first-order chi connectivity index (χ1) is 14.5. The van der Waals surface area contributed by atoms with Gasteiger partial charge in [-0.2, -0.15) is 0 Å². The number of nitrogens with zero attached hydrogens (tertiary/aromatic N) is 1. The van der Waals surface area contributed by atoms with E-state index in [9.17, 15) is 9.59 Å². The van der Waals surface area contributed by atoms with Crippen LogP contribution < -0.4 is 10.9 Å². The van der Waals surface area contributed by atoms with E-state index < -0.39 is 5.41 Å². The summed E-state index contributed by atoms with van der Waals surface area (Å²) in [4.78, 5) is 32.4. The van der Waals surface area contributed by atoms with Crippen LogP contribution in [-0.4, -0.2) is 29.1 Å². The van der Waals surface area contributed by atoms with Gasteiger partial charge in [0, 0.05) is 40.7 Å². The molecule has 0 bridgehead atoms. The van der Waals surface area contributed by atoms with Crippen molar-refractivity contribution >= 4 is 27.5 Å². The molecule has 2 aromatic carbocycles. The highest BCUT2D eigenvalue weighted by Crippen LogP contribution is 2.37. The summed E-state index contributed by atoms with van der Waals surface area (Å²) in [5, 5.41) is 3.08. The van der Waals surface area contributed by atoms with Crippen LogP contribution >= 0.6 is 15.9 Å². The van der Waals surface area contributed by atoms with Gasteiger partial charge in [0.15, 0.2) is 0 Å². The quantitative estimate of drug-likeness (QED) is 0.602. The molecule has 1 aliphatic heterocycles. The van der Waals surface area contributed by atoms with E-state index in [4.69, 9.17) is 4.74 Å². The highest BCUT2D eigenvalue weighted by molar-refractivity contribution is 9.10. The summed E-state index contributed by atoms with van der Waals surface area (Å²) in [7, 11) is 0. The number of nitrogens with one attached hydrogen (secondary N) is 2. The molecule has 0 saturated carbocycles. The first kappa shape index (κ1) is 20.5. The highest BCUT2D eigenvalue weighted by Gasteiger charge is 2.41. The lowest BCUT2D eigenvalue weighted by Crippen LogP contribution is -2.44. The molecule has 1 saturated heterocycles. The number of carbonyl (C=O) groups excluding carboxylic acids is 1. The van der Waals surface area contributed by atoms with Crippen LogP contribution in [0.4, 0.5) is 5.69 Å². The molecule has 4 rings (SSSR count). The molecule has 0 atom stereocenters. The normalized spacial score (nSPS) is 15.5. The molecule has 154 valence electrons. The lowest BCUT2D eigenvalue weighted by Gasteiger charge is -2.36. The Balaban J connectivity index is 1.64. The maximum atomic E-state index is 13.5. The Morgan fingerprint density at radius 1 is 1.13 bits per heavy atom. The number of halogens is 1. The van der Waals surface area contributed by atoms with Gasteiger partial charge in [0.25, 0.3) is 5.56 Å². The Bertz CT molecular complexity index is 1120. The number of benzene rings is 2. The van der Waals surface area contributed by atoms with Crippen molar-refractivity contribution in [3.05, 3.63) is 80.7 Å². The fourth-order valence-corrected chi connectivity index (χ4v) is 4.11. The first-order valence-corrected chi connectivity index (χ1v) is 10.6. The number of aryl methyl sites for hydroxylation is 1. The van der Waals surface area contributed by atoms with Crippen LogP contribution in [0.5, 0.6) is 0 Å². The van der Waals surface area contributed by atoms with Gasteiger partial charge in [0.05, 0.1) is 5.41 Å². The standard InChI is InChI=1S/C23H22BrN3O3/c1-15-13-20(28)27-21(25-15)16-3-2-4-19(14-16)26-22(29)23(9-11-30-12-10-23)17-5-7-18(24)8-6-17/h2-8,13-14H,9-12H2,1H3,(H,26,29)(H,25,27,28). The fraction of sp³-hybridized carbons (Fsp3) is 0.261. The number of rotatable bonds is 4. The van der Waals surface area contributed by atoms with Gasteiger partial charge in [0.1, 0.15) is 5.82 Å². The van der Waals surface area contributed by atoms with Crippen molar-refractivity contribution < 1.29 is 9.53 Å². The molecule has 0 radical (unpaired) electrons. The number of amides is 1. The Morgan fingerprint density at radius 2 is 1.87 bits per heavy atom. The third-order valence-corrected chi connectivity index (χ3v) is 5.97. The third kappa shape index (κ3) is 4.22. The van der Waals surface area contributed by atoms with Crippen LogP contribution in [0.2, 0.25) is 0 Å². The van der Waals surface area contributed by atoms with E-state index >= 15 is 0 Å². The molecule has 0 aliphatic carbocycles. The van der Waals surface area contributed by atoms with E-state index in [1.807, 2.05) is 48.5 Å². The molecule has 30 heavy (non-hydrogen) atoms. The third-order valence-electron chi connectivity index (χ3n) is 5.44. The van der Waals surface area contributed by atoms with Gasteiger partial charge in [-0.1, -0.05) is 40.2 Å². The van der Waals surface area contributed by atoms with E-state index in [-0.39, 0.29) is 11.5 Å². The Kier molecular flexibility index (Phi) is 5.83. The minimum absolute atomic E-state index is 0.0593. The van der Waals surface area contributed by atoms with E-state index in [0.717, 1.165) is 15.6 Å². The predicted molar refractivity (Wildman–Crippen MR) is 120 cm³/mol. The smallest absolute Gasteiger partial charge is 0.251 e.